The lowest BCUT2D eigenvalue weighted by Gasteiger charge is -2.27. The molecule has 2 N–H and O–H groups in total. The third kappa shape index (κ3) is 4.32. The smallest absolute Gasteiger partial charge is 0.317 e. The molecular formula is C13H22N2O6. The van der Waals surface area contributed by atoms with Crippen LogP contribution in [-0.2, 0) is 19.1 Å². The van der Waals surface area contributed by atoms with Crippen LogP contribution >= 0.6 is 0 Å². The molecule has 1 fully saturated rings. The summed E-state index contributed by atoms with van der Waals surface area (Å²) in [6, 6.07) is -0.964. The molecule has 0 spiro atoms. The molecule has 0 aliphatic carbocycles. The van der Waals surface area contributed by atoms with Gasteiger partial charge in [-0.15, -0.1) is 0 Å². The zero-order valence-electron chi connectivity index (χ0n) is 12.5. The predicted octanol–water partition coefficient (Wildman–Crippen LogP) is 0.0707. The van der Waals surface area contributed by atoms with Gasteiger partial charge in [0.25, 0.3) is 0 Å². The number of aliphatic carboxylic acids is 1. The van der Waals surface area contributed by atoms with Gasteiger partial charge in [0.05, 0.1) is 26.4 Å². The van der Waals surface area contributed by atoms with Crippen molar-refractivity contribution in [2.24, 2.45) is 5.41 Å². The van der Waals surface area contributed by atoms with Crippen LogP contribution in [0, 0.1) is 5.41 Å². The van der Waals surface area contributed by atoms with Gasteiger partial charge in [-0.25, -0.2) is 4.79 Å². The van der Waals surface area contributed by atoms with Crippen LogP contribution in [-0.4, -0.2) is 67.9 Å². The fraction of sp³-hybridized carbons (Fsp3) is 0.769. The lowest BCUT2D eigenvalue weighted by molar-refractivity contribution is -0.148. The molecule has 8 heteroatoms. The van der Waals surface area contributed by atoms with Gasteiger partial charge in [0.1, 0.15) is 5.41 Å². The Hall–Kier alpha value is -1.83. The van der Waals surface area contributed by atoms with E-state index in [9.17, 15) is 19.5 Å². The maximum Gasteiger partial charge on any atom is 0.317 e. The number of ether oxygens (including phenoxy) is 2. The number of nitrogens with zero attached hydrogens (tertiary/aromatic N) is 1. The van der Waals surface area contributed by atoms with E-state index < -0.39 is 17.4 Å². The molecule has 2 atom stereocenters. The molecule has 8 nitrogen and oxygen atoms in total. The molecule has 1 saturated heterocycles. The highest BCUT2D eigenvalue weighted by molar-refractivity contribution is 5.79. The van der Waals surface area contributed by atoms with Gasteiger partial charge in [-0.2, -0.15) is 0 Å². The van der Waals surface area contributed by atoms with Crippen molar-refractivity contribution in [2.75, 3.05) is 33.9 Å². The summed E-state index contributed by atoms with van der Waals surface area (Å²) in [6.45, 7) is 2.16. The summed E-state index contributed by atoms with van der Waals surface area (Å²) < 4.78 is 9.68. The first kappa shape index (κ1) is 17.2. The van der Waals surface area contributed by atoms with Crippen LogP contribution in [0.15, 0.2) is 0 Å². The monoisotopic (exact) mass is 302 g/mol. The second kappa shape index (κ2) is 7.26. The van der Waals surface area contributed by atoms with Crippen molar-refractivity contribution in [3.63, 3.8) is 0 Å². The third-order valence-electron chi connectivity index (χ3n) is 3.69. The summed E-state index contributed by atoms with van der Waals surface area (Å²) in [6.07, 6.45) is 0.710. The van der Waals surface area contributed by atoms with Crippen LogP contribution in [0.1, 0.15) is 19.8 Å². The standard InChI is InChI=1S/C13H22N2O6/c1-13(11(17)18)8-21-7-9(13)14-12(19)15(2)6-4-5-10(16)20-3/h9H,4-8H2,1-3H3,(H,14,19)(H,17,18). The van der Waals surface area contributed by atoms with Gasteiger partial charge in [-0.1, -0.05) is 0 Å². The number of esters is 1. The lowest BCUT2D eigenvalue weighted by Crippen LogP contribution is -2.52. The zero-order valence-corrected chi connectivity index (χ0v) is 12.5. The van der Waals surface area contributed by atoms with Gasteiger partial charge in [0.15, 0.2) is 0 Å². The number of methoxy groups -OCH3 is 1. The van der Waals surface area contributed by atoms with Gasteiger partial charge in [0, 0.05) is 20.0 Å². The molecule has 0 bridgehead atoms. The average Bonchev–Trinajstić information content (AvgIpc) is 2.81. The molecule has 2 unspecified atom stereocenters. The molecule has 21 heavy (non-hydrogen) atoms. The number of carboxylic acid groups (broad SMARTS) is 1. The van der Waals surface area contributed by atoms with E-state index in [1.54, 1.807) is 14.0 Å². The van der Waals surface area contributed by atoms with Crippen LogP contribution < -0.4 is 5.32 Å². The maximum absolute atomic E-state index is 12.0. The van der Waals surface area contributed by atoms with E-state index in [1.165, 1.54) is 12.0 Å². The van der Waals surface area contributed by atoms with E-state index in [1.807, 2.05) is 0 Å². The topological polar surface area (TPSA) is 105 Å². The zero-order chi connectivity index (χ0) is 16.0. The number of hydrogen-bond donors (Lipinski definition) is 2. The molecule has 120 valence electrons. The molecule has 1 aliphatic heterocycles. The van der Waals surface area contributed by atoms with Crippen molar-refractivity contribution in [1.82, 2.24) is 10.2 Å². The largest absolute Gasteiger partial charge is 0.481 e. The molecule has 0 aromatic carbocycles. The summed E-state index contributed by atoms with van der Waals surface area (Å²) in [4.78, 5) is 35.7. The molecule has 1 heterocycles. The van der Waals surface area contributed by atoms with Crippen molar-refractivity contribution in [2.45, 2.75) is 25.8 Å². The minimum Gasteiger partial charge on any atom is -0.481 e. The first-order valence-electron chi connectivity index (χ1n) is 6.71. The van der Waals surface area contributed by atoms with Gasteiger partial charge in [0.2, 0.25) is 0 Å². The summed E-state index contributed by atoms with van der Waals surface area (Å²) in [5.41, 5.74) is -1.12. The Morgan fingerprint density at radius 2 is 2.14 bits per heavy atom. The fourth-order valence-corrected chi connectivity index (χ4v) is 2.01. The first-order valence-corrected chi connectivity index (χ1v) is 6.71. The predicted molar refractivity (Wildman–Crippen MR) is 72.8 cm³/mol. The van der Waals surface area contributed by atoms with Crippen molar-refractivity contribution < 1.29 is 29.0 Å². The number of carbonyl (C=O) groups is 3. The molecule has 1 aliphatic rings. The molecule has 0 aromatic heterocycles. The van der Waals surface area contributed by atoms with E-state index in [0.717, 1.165) is 0 Å². The Morgan fingerprint density at radius 1 is 1.48 bits per heavy atom. The van der Waals surface area contributed by atoms with Gasteiger partial charge >= 0.3 is 18.0 Å². The highest BCUT2D eigenvalue weighted by Crippen LogP contribution is 2.28. The summed E-state index contributed by atoms with van der Waals surface area (Å²) >= 11 is 0. The van der Waals surface area contributed by atoms with Crippen molar-refractivity contribution in [1.29, 1.82) is 0 Å². The normalized spacial score (nSPS) is 24.4. The Labute approximate surface area is 123 Å². The quantitative estimate of drug-likeness (QED) is 0.673. The summed E-state index contributed by atoms with van der Waals surface area (Å²) in [5.74, 6) is -1.33. The number of nitrogens with one attached hydrogen (secondary N) is 1. The highest BCUT2D eigenvalue weighted by atomic mass is 16.5. The summed E-state index contributed by atoms with van der Waals surface area (Å²) in [5, 5.41) is 11.9. The van der Waals surface area contributed by atoms with Gasteiger partial charge in [-0.3, -0.25) is 9.59 Å². The minimum atomic E-state index is -1.12. The second-order valence-electron chi connectivity index (χ2n) is 5.34. The number of rotatable bonds is 6. The molecule has 1 rings (SSSR count). The first-order chi connectivity index (χ1) is 9.81. The molecule has 0 aromatic rings. The maximum atomic E-state index is 12.0. The second-order valence-corrected chi connectivity index (χ2v) is 5.34. The Bertz CT molecular complexity index is 413. The average molecular weight is 302 g/mol. The van der Waals surface area contributed by atoms with E-state index in [-0.39, 0.29) is 31.6 Å². The van der Waals surface area contributed by atoms with Crippen LogP contribution in [0.5, 0.6) is 0 Å². The SMILES string of the molecule is COC(=O)CCCN(C)C(=O)NC1COCC1(C)C(=O)O. The van der Waals surface area contributed by atoms with Crippen molar-refractivity contribution in [3.8, 4) is 0 Å². The van der Waals surface area contributed by atoms with Gasteiger partial charge in [-0.05, 0) is 13.3 Å². The number of hydrogen-bond acceptors (Lipinski definition) is 5. The van der Waals surface area contributed by atoms with Gasteiger partial charge < -0.3 is 24.8 Å². The number of carbonyl (C=O) groups excluding carboxylic acids is 2. The van der Waals surface area contributed by atoms with Crippen LogP contribution in [0.25, 0.3) is 0 Å². The van der Waals surface area contributed by atoms with Crippen LogP contribution in [0.3, 0.4) is 0 Å². The van der Waals surface area contributed by atoms with E-state index in [2.05, 4.69) is 10.1 Å². The Kier molecular flexibility index (Phi) is 5.95. The molecule has 2 amide bonds. The number of urea groups is 1. The van der Waals surface area contributed by atoms with E-state index >= 15 is 0 Å². The molecule has 0 saturated carbocycles. The van der Waals surface area contributed by atoms with Crippen LogP contribution in [0.2, 0.25) is 0 Å². The Morgan fingerprint density at radius 3 is 2.71 bits per heavy atom. The Balaban J connectivity index is 2.45. The highest BCUT2D eigenvalue weighted by Gasteiger charge is 2.47. The third-order valence-corrected chi connectivity index (χ3v) is 3.69. The van der Waals surface area contributed by atoms with Crippen molar-refractivity contribution in [3.05, 3.63) is 0 Å². The number of amides is 2. The van der Waals surface area contributed by atoms with E-state index in [4.69, 9.17) is 4.74 Å². The van der Waals surface area contributed by atoms with E-state index in [0.29, 0.717) is 13.0 Å². The summed E-state index contributed by atoms with van der Waals surface area (Å²) in [7, 11) is 2.89. The fourth-order valence-electron chi connectivity index (χ4n) is 2.01. The minimum absolute atomic E-state index is 0.0688. The lowest BCUT2D eigenvalue weighted by atomic mass is 9.85. The van der Waals surface area contributed by atoms with Crippen LogP contribution in [0.4, 0.5) is 4.79 Å². The number of carboxylic acids is 1. The van der Waals surface area contributed by atoms with Crippen molar-refractivity contribution >= 4 is 18.0 Å². The molecular weight excluding hydrogens is 280 g/mol. The molecule has 0 radical (unpaired) electrons.